The van der Waals surface area contributed by atoms with Crippen molar-refractivity contribution in [2.75, 3.05) is 33.4 Å². The van der Waals surface area contributed by atoms with Crippen molar-refractivity contribution in [1.82, 2.24) is 10.2 Å². The average Bonchev–Trinajstić information content (AvgIpc) is 2.98. The van der Waals surface area contributed by atoms with E-state index >= 15 is 0 Å². The molecule has 220 valence electrons. The minimum Gasteiger partial charge on any atom is -0.491 e. The molecular formula is C31H37ClN2O7. The number of benzene rings is 3. The lowest BCUT2D eigenvalue weighted by molar-refractivity contribution is -0.142. The van der Waals surface area contributed by atoms with Crippen LogP contribution >= 0.6 is 11.6 Å². The van der Waals surface area contributed by atoms with Crippen LogP contribution in [0.5, 0.6) is 11.5 Å². The van der Waals surface area contributed by atoms with Crippen molar-refractivity contribution >= 4 is 24.0 Å². The van der Waals surface area contributed by atoms with Gasteiger partial charge in [0.05, 0.1) is 13.2 Å². The molecule has 3 atom stereocenters. The van der Waals surface area contributed by atoms with Crippen LogP contribution in [0.15, 0.2) is 72.8 Å². The summed E-state index contributed by atoms with van der Waals surface area (Å²) in [5, 5.41) is 25.0. The Balaban J connectivity index is 1.64. The van der Waals surface area contributed by atoms with Crippen molar-refractivity contribution in [2.24, 2.45) is 0 Å². The Morgan fingerprint density at radius 3 is 2.27 bits per heavy atom. The number of rotatable bonds is 17. The number of nitrogens with one attached hydrogen (secondary N) is 1. The van der Waals surface area contributed by atoms with Gasteiger partial charge in [-0.15, -0.1) is 0 Å². The molecule has 0 fully saturated rings. The molecule has 0 saturated heterocycles. The van der Waals surface area contributed by atoms with Gasteiger partial charge in [0, 0.05) is 30.7 Å². The summed E-state index contributed by atoms with van der Waals surface area (Å²) in [6, 6.07) is 21.7. The maximum absolute atomic E-state index is 11.3. The Kier molecular flexibility index (Phi) is 12.9. The van der Waals surface area contributed by atoms with Gasteiger partial charge < -0.3 is 29.7 Å². The van der Waals surface area contributed by atoms with E-state index in [0.717, 1.165) is 11.1 Å². The molecule has 1 amide bonds. The highest BCUT2D eigenvalue weighted by atomic mass is 35.5. The summed E-state index contributed by atoms with van der Waals surface area (Å²) in [7, 11) is 1.31. The fraction of sp³-hybridized carbons (Fsp3) is 0.355. The summed E-state index contributed by atoms with van der Waals surface area (Å²) in [6.07, 6.45) is -0.349. The second-order valence-electron chi connectivity index (χ2n) is 9.69. The van der Waals surface area contributed by atoms with Crippen LogP contribution in [0.25, 0.3) is 0 Å². The second kappa shape index (κ2) is 16.6. The molecule has 0 heterocycles. The minimum atomic E-state index is -0.825. The first-order valence-corrected chi connectivity index (χ1v) is 13.7. The van der Waals surface area contributed by atoms with Crippen molar-refractivity contribution in [3.63, 3.8) is 0 Å². The number of ether oxygens (including phenoxy) is 3. The van der Waals surface area contributed by atoms with Gasteiger partial charge in [-0.1, -0.05) is 48.0 Å². The van der Waals surface area contributed by atoms with Gasteiger partial charge in [-0.25, -0.2) is 4.79 Å². The van der Waals surface area contributed by atoms with Crippen LogP contribution in [0, 0.1) is 0 Å². The number of amides is 1. The smallest absolute Gasteiger partial charge is 0.343 e. The summed E-state index contributed by atoms with van der Waals surface area (Å²) < 4.78 is 15.8. The van der Waals surface area contributed by atoms with Gasteiger partial charge in [0.25, 0.3) is 0 Å². The minimum absolute atomic E-state index is 0.0510. The molecule has 0 aliphatic rings. The van der Waals surface area contributed by atoms with Gasteiger partial charge in [-0.3, -0.25) is 9.69 Å². The highest BCUT2D eigenvalue weighted by Gasteiger charge is 2.23. The zero-order valence-corrected chi connectivity index (χ0v) is 24.0. The Morgan fingerprint density at radius 2 is 1.63 bits per heavy atom. The largest absolute Gasteiger partial charge is 0.491 e. The normalized spacial score (nSPS) is 13.2. The van der Waals surface area contributed by atoms with Crippen LogP contribution < -0.4 is 14.8 Å². The number of aliphatic hydroxyl groups excluding tert-OH is 2. The number of carbonyl (C=O) groups excluding carboxylic acids is 2. The zero-order chi connectivity index (χ0) is 29.6. The van der Waals surface area contributed by atoms with Crippen LogP contribution in [-0.2, 0) is 27.3 Å². The van der Waals surface area contributed by atoms with E-state index in [1.165, 1.54) is 7.11 Å². The maximum Gasteiger partial charge on any atom is 0.343 e. The van der Waals surface area contributed by atoms with E-state index in [0.29, 0.717) is 41.5 Å². The fourth-order valence-corrected chi connectivity index (χ4v) is 4.45. The molecule has 0 aliphatic heterocycles. The molecule has 3 unspecified atom stereocenters. The molecule has 10 heteroatoms. The Morgan fingerprint density at radius 1 is 0.976 bits per heavy atom. The molecule has 0 aliphatic carbocycles. The summed E-state index contributed by atoms with van der Waals surface area (Å²) in [5.74, 6) is 0.704. The van der Waals surface area contributed by atoms with E-state index in [4.69, 9.17) is 21.1 Å². The van der Waals surface area contributed by atoms with Gasteiger partial charge in [-0.05, 0) is 66.4 Å². The Bertz CT molecular complexity index is 1220. The first-order valence-electron chi connectivity index (χ1n) is 13.3. The van der Waals surface area contributed by atoms with Gasteiger partial charge in [0.15, 0.2) is 6.61 Å². The van der Waals surface area contributed by atoms with Crippen molar-refractivity contribution < 1.29 is 34.0 Å². The molecule has 3 N–H and O–H groups in total. The third kappa shape index (κ3) is 11.0. The van der Waals surface area contributed by atoms with E-state index in [1.807, 2.05) is 42.2 Å². The van der Waals surface area contributed by atoms with Gasteiger partial charge in [0.1, 0.15) is 24.2 Å². The monoisotopic (exact) mass is 584 g/mol. The molecule has 3 rings (SSSR count). The second-order valence-corrected chi connectivity index (χ2v) is 10.1. The first-order chi connectivity index (χ1) is 19.8. The highest BCUT2D eigenvalue weighted by Crippen LogP contribution is 2.22. The molecular weight excluding hydrogens is 548 g/mol. The fourth-order valence-electron chi connectivity index (χ4n) is 4.25. The van der Waals surface area contributed by atoms with Crippen molar-refractivity contribution in [2.45, 2.75) is 38.1 Å². The third-order valence-electron chi connectivity index (χ3n) is 6.50. The molecule has 41 heavy (non-hydrogen) atoms. The number of carbonyl (C=O) groups is 2. The number of aliphatic hydroxyl groups is 2. The third-order valence-corrected chi connectivity index (χ3v) is 6.74. The van der Waals surface area contributed by atoms with E-state index in [1.54, 1.807) is 42.5 Å². The molecule has 0 aromatic heterocycles. The van der Waals surface area contributed by atoms with Crippen LogP contribution in [0.3, 0.4) is 0 Å². The van der Waals surface area contributed by atoms with E-state index < -0.39 is 18.2 Å². The summed E-state index contributed by atoms with van der Waals surface area (Å²) in [5.41, 5.74) is 2.65. The Labute approximate surface area is 245 Å². The summed E-state index contributed by atoms with van der Waals surface area (Å²) in [6.45, 7) is 2.90. The zero-order valence-electron chi connectivity index (χ0n) is 23.2. The standard InChI is InChI=1S/C31H37ClN2O7/c1-22(14-23-6-10-29(11-7-23)41-20-31(38)39-2)34(18-30(37)25-4-3-5-26(32)15-25)17-27(36)19-40-28-12-8-24(9-13-28)16-33-21-35/h3-13,15,21-22,27,30,36-37H,14,16-20H2,1-2H3,(H,33,35). The molecule has 3 aromatic carbocycles. The van der Waals surface area contributed by atoms with E-state index in [2.05, 4.69) is 10.1 Å². The predicted molar refractivity (Wildman–Crippen MR) is 156 cm³/mol. The van der Waals surface area contributed by atoms with Crippen LogP contribution in [0.4, 0.5) is 0 Å². The number of esters is 1. The summed E-state index contributed by atoms with van der Waals surface area (Å²) in [4.78, 5) is 23.8. The quantitative estimate of drug-likeness (QED) is 0.163. The van der Waals surface area contributed by atoms with Crippen LogP contribution in [-0.4, -0.2) is 73.1 Å². The number of nitrogens with zero attached hydrogens (tertiary/aromatic N) is 1. The number of methoxy groups -OCH3 is 1. The number of hydrogen-bond acceptors (Lipinski definition) is 8. The topological polar surface area (TPSA) is 118 Å². The molecule has 9 nitrogen and oxygen atoms in total. The maximum atomic E-state index is 11.3. The van der Waals surface area contributed by atoms with Gasteiger partial charge >= 0.3 is 5.97 Å². The average molecular weight is 585 g/mol. The van der Waals surface area contributed by atoms with E-state index in [-0.39, 0.29) is 32.3 Å². The Hall–Kier alpha value is -3.63. The molecule has 0 spiro atoms. The van der Waals surface area contributed by atoms with E-state index in [9.17, 15) is 19.8 Å². The first kappa shape index (κ1) is 31.9. The lowest BCUT2D eigenvalue weighted by atomic mass is 10.0. The molecule has 0 radical (unpaired) electrons. The predicted octanol–water partition coefficient (Wildman–Crippen LogP) is 3.54. The van der Waals surface area contributed by atoms with Crippen molar-refractivity contribution in [1.29, 1.82) is 0 Å². The summed E-state index contributed by atoms with van der Waals surface area (Å²) >= 11 is 6.14. The molecule has 3 aromatic rings. The van der Waals surface area contributed by atoms with Crippen LogP contribution in [0.1, 0.15) is 29.7 Å². The highest BCUT2D eigenvalue weighted by molar-refractivity contribution is 6.30. The van der Waals surface area contributed by atoms with Crippen molar-refractivity contribution in [3.05, 3.63) is 94.5 Å². The molecule has 0 saturated carbocycles. The van der Waals surface area contributed by atoms with Gasteiger partial charge in [-0.2, -0.15) is 0 Å². The lowest BCUT2D eigenvalue weighted by Crippen LogP contribution is -2.44. The lowest BCUT2D eigenvalue weighted by Gasteiger charge is -2.33. The van der Waals surface area contributed by atoms with Crippen molar-refractivity contribution in [3.8, 4) is 11.5 Å². The molecule has 0 bridgehead atoms. The number of halogens is 1. The van der Waals surface area contributed by atoms with Gasteiger partial charge in [0.2, 0.25) is 6.41 Å². The SMILES string of the molecule is COC(=O)COc1ccc(CC(C)N(CC(O)COc2ccc(CNC=O)cc2)CC(O)c2cccc(Cl)c2)cc1. The number of hydrogen-bond donors (Lipinski definition) is 3. The van der Waals surface area contributed by atoms with Crippen LogP contribution in [0.2, 0.25) is 5.02 Å².